The molecule has 0 radical (unpaired) electrons. The Morgan fingerprint density at radius 1 is 0.542 bits per heavy atom. The van der Waals surface area contributed by atoms with Crippen LogP contribution in [0.3, 0.4) is 0 Å². The third kappa shape index (κ3) is 5.20. The average Bonchev–Trinajstić information content (AvgIpc) is 3.54. The molecule has 0 bridgehead atoms. The van der Waals surface area contributed by atoms with E-state index in [1.807, 2.05) is 24.3 Å². The zero-order chi connectivity index (χ0) is 32.5. The molecule has 2 heteroatoms. The molecule has 0 N–H and O–H groups in total. The Hall–Kier alpha value is -6.38. The first kappa shape index (κ1) is 29.1. The van der Waals surface area contributed by atoms with Gasteiger partial charge in [0.2, 0.25) is 0 Å². The molecule has 2 nitrogen and oxygen atoms in total. The molecular formula is C46H33NO. The molecule has 0 saturated carbocycles. The second-order valence-electron chi connectivity index (χ2n) is 11.9. The van der Waals surface area contributed by atoms with Gasteiger partial charge < -0.3 is 9.32 Å². The van der Waals surface area contributed by atoms with Gasteiger partial charge >= 0.3 is 0 Å². The fraction of sp³-hybridized carbons (Fsp3) is 0. The zero-order valence-electron chi connectivity index (χ0n) is 26.5. The van der Waals surface area contributed by atoms with Crippen molar-refractivity contribution < 1.29 is 4.42 Å². The van der Waals surface area contributed by atoms with Crippen LogP contribution in [0.25, 0.3) is 60.5 Å². The summed E-state index contributed by atoms with van der Waals surface area (Å²) >= 11 is 0. The van der Waals surface area contributed by atoms with Crippen molar-refractivity contribution in [1.82, 2.24) is 0 Å². The molecule has 0 unspecified atom stereocenters. The first-order valence-electron chi connectivity index (χ1n) is 16.2. The summed E-state index contributed by atoms with van der Waals surface area (Å²) in [6.07, 6.45) is 4.04. The van der Waals surface area contributed by atoms with Gasteiger partial charge in [-0.1, -0.05) is 147 Å². The third-order valence-electron chi connectivity index (χ3n) is 8.98. The first-order valence-corrected chi connectivity index (χ1v) is 16.2. The summed E-state index contributed by atoms with van der Waals surface area (Å²) in [6, 6.07) is 57.2. The van der Waals surface area contributed by atoms with Gasteiger partial charge in [0.25, 0.3) is 0 Å². The number of fused-ring (bicyclic) bond motifs is 5. The molecular weight excluding hydrogens is 583 g/mol. The van der Waals surface area contributed by atoms with Crippen molar-refractivity contribution in [2.45, 2.75) is 0 Å². The van der Waals surface area contributed by atoms with E-state index in [-0.39, 0.29) is 0 Å². The van der Waals surface area contributed by atoms with E-state index in [9.17, 15) is 0 Å². The lowest BCUT2D eigenvalue weighted by molar-refractivity contribution is 0.672. The summed E-state index contributed by atoms with van der Waals surface area (Å²) in [7, 11) is 0. The van der Waals surface area contributed by atoms with Gasteiger partial charge in [-0.3, -0.25) is 0 Å². The molecule has 8 aromatic rings. The van der Waals surface area contributed by atoms with Crippen LogP contribution in [0, 0.1) is 0 Å². The van der Waals surface area contributed by atoms with Crippen LogP contribution in [-0.4, -0.2) is 0 Å². The van der Waals surface area contributed by atoms with Gasteiger partial charge in [-0.25, -0.2) is 0 Å². The SMILES string of the molecule is C=C/C(=C\C(=C)c1ccccc1)N(c1ccccc1-c1ccccc1)c1ccccc1-c1ccc2oc3c4ccccc4ccc3c2c1. The summed E-state index contributed by atoms with van der Waals surface area (Å²) in [5.41, 5.74) is 11.2. The van der Waals surface area contributed by atoms with Crippen molar-refractivity contribution in [1.29, 1.82) is 0 Å². The van der Waals surface area contributed by atoms with Gasteiger partial charge in [-0.15, -0.1) is 0 Å². The minimum absolute atomic E-state index is 0.875. The lowest BCUT2D eigenvalue weighted by Gasteiger charge is -2.31. The van der Waals surface area contributed by atoms with Gasteiger partial charge in [0.1, 0.15) is 11.2 Å². The molecule has 0 saturated heterocycles. The van der Waals surface area contributed by atoms with Crippen molar-refractivity contribution in [3.63, 3.8) is 0 Å². The van der Waals surface area contributed by atoms with Crippen LogP contribution in [0.15, 0.2) is 199 Å². The van der Waals surface area contributed by atoms with E-state index >= 15 is 0 Å². The van der Waals surface area contributed by atoms with Crippen LogP contribution < -0.4 is 4.90 Å². The number of nitrogens with zero attached hydrogens (tertiary/aromatic N) is 1. The highest BCUT2D eigenvalue weighted by Crippen LogP contribution is 2.44. The van der Waals surface area contributed by atoms with Crippen molar-refractivity contribution in [3.05, 3.63) is 200 Å². The number of allylic oxidation sites excluding steroid dienone is 3. The standard InChI is InChI=1S/C46H33NO/c1-3-37(30-32(2)33-16-6-4-7-17-33)47(43-24-14-12-21-38(43)34-18-8-5-9-19-34)44-25-15-13-22-39(44)36-27-29-45-42(31-36)41-28-26-35-20-10-11-23-40(35)46(41)48-45/h3-31H,1-2H2/b37-30+. The molecule has 1 aromatic heterocycles. The molecule has 8 rings (SSSR count). The topological polar surface area (TPSA) is 16.4 Å². The van der Waals surface area contributed by atoms with E-state index in [1.54, 1.807) is 0 Å². The number of anilines is 2. The van der Waals surface area contributed by atoms with Gasteiger partial charge in [-0.2, -0.15) is 0 Å². The second kappa shape index (κ2) is 12.4. The van der Waals surface area contributed by atoms with Crippen LogP contribution in [0.5, 0.6) is 0 Å². The van der Waals surface area contributed by atoms with Crippen LogP contribution >= 0.6 is 0 Å². The summed E-state index contributed by atoms with van der Waals surface area (Å²) < 4.78 is 6.47. The number of furan rings is 1. The summed E-state index contributed by atoms with van der Waals surface area (Å²) in [5.74, 6) is 0. The van der Waals surface area contributed by atoms with E-state index in [0.717, 1.165) is 77.8 Å². The van der Waals surface area contributed by atoms with Crippen molar-refractivity contribution in [2.24, 2.45) is 0 Å². The molecule has 7 aromatic carbocycles. The largest absolute Gasteiger partial charge is 0.455 e. The zero-order valence-corrected chi connectivity index (χ0v) is 26.5. The average molecular weight is 616 g/mol. The molecule has 0 aliphatic carbocycles. The van der Waals surface area contributed by atoms with E-state index < -0.39 is 0 Å². The van der Waals surface area contributed by atoms with Crippen molar-refractivity contribution >= 4 is 49.7 Å². The quantitative estimate of drug-likeness (QED) is 0.158. The lowest BCUT2D eigenvalue weighted by Crippen LogP contribution is -2.17. The van der Waals surface area contributed by atoms with Gasteiger partial charge in [0.05, 0.1) is 11.4 Å². The van der Waals surface area contributed by atoms with E-state index in [2.05, 4.69) is 170 Å². The normalized spacial score (nSPS) is 11.6. The predicted molar refractivity (Wildman–Crippen MR) is 204 cm³/mol. The Balaban J connectivity index is 1.35. The fourth-order valence-corrected chi connectivity index (χ4v) is 6.65. The highest BCUT2D eigenvalue weighted by molar-refractivity contribution is 6.15. The maximum Gasteiger partial charge on any atom is 0.143 e. The molecule has 0 amide bonds. The molecule has 0 aliphatic rings. The summed E-state index contributed by atoms with van der Waals surface area (Å²) in [4.78, 5) is 2.31. The van der Waals surface area contributed by atoms with Crippen molar-refractivity contribution in [3.8, 4) is 22.3 Å². The fourth-order valence-electron chi connectivity index (χ4n) is 6.65. The van der Waals surface area contributed by atoms with Crippen LogP contribution in [-0.2, 0) is 0 Å². The minimum atomic E-state index is 0.875. The Kier molecular flexibility index (Phi) is 7.52. The predicted octanol–water partition coefficient (Wildman–Crippen LogP) is 13.0. The van der Waals surface area contributed by atoms with Crippen molar-refractivity contribution in [2.75, 3.05) is 4.90 Å². The molecule has 0 atom stereocenters. The highest BCUT2D eigenvalue weighted by atomic mass is 16.3. The van der Waals surface area contributed by atoms with Crippen LogP contribution in [0.1, 0.15) is 5.56 Å². The smallest absolute Gasteiger partial charge is 0.143 e. The second-order valence-corrected chi connectivity index (χ2v) is 11.9. The summed E-state index contributed by atoms with van der Waals surface area (Å²) in [6.45, 7) is 8.78. The first-order chi connectivity index (χ1) is 23.7. The molecule has 48 heavy (non-hydrogen) atoms. The molecule has 0 fully saturated rings. The number of para-hydroxylation sites is 2. The number of rotatable bonds is 8. The highest BCUT2D eigenvalue weighted by Gasteiger charge is 2.21. The van der Waals surface area contributed by atoms with E-state index in [1.165, 1.54) is 5.39 Å². The monoisotopic (exact) mass is 615 g/mol. The Morgan fingerprint density at radius 3 is 1.90 bits per heavy atom. The molecule has 228 valence electrons. The minimum Gasteiger partial charge on any atom is -0.455 e. The molecule has 0 spiro atoms. The Labute approximate surface area is 280 Å². The van der Waals surface area contributed by atoms with Gasteiger partial charge in [0.15, 0.2) is 0 Å². The number of hydrogen-bond acceptors (Lipinski definition) is 2. The van der Waals surface area contributed by atoms with Gasteiger partial charge in [0, 0.05) is 33.0 Å². The Bertz CT molecular complexity index is 2480. The van der Waals surface area contributed by atoms with Crippen LogP contribution in [0.2, 0.25) is 0 Å². The number of benzene rings is 7. The van der Waals surface area contributed by atoms with Crippen LogP contribution in [0.4, 0.5) is 11.4 Å². The molecule has 0 aliphatic heterocycles. The number of hydrogen-bond donors (Lipinski definition) is 0. The van der Waals surface area contributed by atoms with Gasteiger partial charge in [-0.05, 0) is 70.1 Å². The van der Waals surface area contributed by atoms with E-state index in [4.69, 9.17) is 4.42 Å². The molecule has 1 heterocycles. The third-order valence-corrected chi connectivity index (χ3v) is 8.98. The van der Waals surface area contributed by atoms with E-state index in [0.29, 0.717) is 0 Å². The maximum atomic E-state index is 6.47. The lowest BCUT2D eigenvalue weighted by atomic mass is 9.97. The summed E-state index contributed by atoms with van der Waals surface area (Å²) in [5, 5.41) is 4.50. The Morgan fingerprint density at radius 2 is 1.17 bits per heavy atom. The maximum absolute atomic E-state index is 6.47.